The Balaban J connectivity index is 1.74. The van der Waals surface area contributed by atoms with Crippen molar-refractivity contribution in [1.29, 1.82) is 0 Å². The van der Waals surface area contributed by atoms with Gasteiger partial charge in [0.05, 0.1) is 5.56 Å². The molecule has 5 heteroatoms. The molecule has 0 aliphatic carbocycles. The molecule has 29 heavy (non-hydrogen) atoms. The molecule has 0 saturated carbocycles. The Labute approximate surface area is 167 Å². The number of carbonyl (C=O) groups is 2. The Morgan fingerprint density at radius 3 is 2.38 bits per heavy atom. The van der Waals surface area contributed by atoms with Gasteiger partial charge in [0.2, 0.25) is 5.52 Å². The van der Waals surface area contributed by atoms with Gasteiger partial charge in [0.1, 0.15) is 5.75 Å². The first-order chi connectivity index (χ1) is 14.1. The lowest BCUT2D eigenvalue weighted by Gasteiger charge is -2.08. The molecule has 0 radical (unpaired) electrons. The van der Waals surface area contributed by atoms with Crippen molar-refractivity contribution in [2.75, 3.05) is 0 Å². The molecule has 142 valence electrons. The van der Waals surface area contributed by atoms with Crippen LogP contribution in [0.3, 0.4) is 0 Å². The van der Waals surface area contributed by atoms with E-state index in [1.54, 1.807) is 18.2 Å². The number of ether oxygens (including phenoxy) is 1. The average molecular weight is 384 g/mol. The van der Waals surface area contributed by atoms with E-state index in [-0.39, 0.29) is 11.3 Å². The molecule has 0 spiro atoms. The second-order valence-corrected chi connectivity index (χ2v) is 6.57. The molecule has 0 bridgehead atoms. The number of esters is 1. The highest BCUT2D eigenvalue weighted by atomic mass is 16.5. The van der Waals surface area contributed by atoms with E-state index >= 15 is 0 Å². The molecule has 0 aliphatic rings. The predicted molar refractivity (Wildman–Crippen MR) is 108 cm³/mol. The highest BCUT2D eigenvalue weighted by Gasteiger charge is 2.24. The summed E-state index contributed by atoms with van der Waals surface area (Å²) in [6.07, 6.45) is 0. The smallest absolute Gasteiger partial charge is 0.409 e. The van der Waals surface area contributed by atoms with Gasteiger partial charge in [-0.05, 0) is 30.3 Å². The molecule has 0 aliphatic heterocycles. The fraction of sp³-hybridized carbons (Fsp3) is 0.0417. The predicted octanol–water partition coefficient (Wildman–Crippen LogP) is 4.09. The van der Waals surface area contributed by atoms with Crippen LogP contribution in [0.15, 0.2) is 91.0 Å². The summed E-state index contributed by atoms with van der Waals surface area (Å²) in [6, 6.07) is 27.2. The summed E-state index contributed by atoms with van der Waals surface area (Å²) in [4.78, 5) is 24.1. The molecule has 4 aromatic rings. The van der Waals surface area contributed by atoms with Gasteiger partial charge in [-0.3, -0.25) is 0 Å². The Morgan fingerprint density at radius 2 is 1.59 bits per heavy atom. The number of hydrogen-bond donors (Lipinski definition) is 1. The van der Waals surface area contributed by atoms with Gasteiger partial charge in [0.15, 0.2) is 6.54 Å². The maximum Gasteiger partial charge on any atom is 0.409 e. The molecule has 0 amide bonds. The van der Waals surface area contributed by atoms with Crippen molar-refractivity contribution in [3.8, 4) is 5.75 Å². The van der Waals surface area contributed by atoms with Crippen LogP contribution in [-0.2, 0) is 6.54 Å². The number of carboxylic acids is 1. The molecule has 1 aromatic heterocycles. The van der Waals surface area contributed by atoms with Crippen LogP contribution in [0.4, 0.5) is 0 Å². The van der Waals surface area contributed by atoms with Crippen LogP contribution in [0.1, 0.15) is 26.4 Å². The number of rotatable bonds is 5. The number of carboxylic acid groups (broad SMARTS) is 1. The lowest BCUT2D eigenvalue weighted by Crippen LogP contribution is -2.42. The monoisotopic (exact) mass is 384 g/mol. The van der Waals surface area contributed by atoms with E-state index in [9.17, 15) is 9.59 Å². The number of aromatic carboxylic acids is 1. The summed E-state index contributed by atoms with van der Waals surface area (Å²) >= 11 is 0. The molecule has 0 saturated heterocycles. The van der Waals surface area contributed by atoms with E-state index in [2.05, 4.69) is 0 Å². The van der Waals surface area contributed by atoms with Gasteiger partial charge < -0.3 is 9.84 Å². The van der Waals surface area contributed by atoms with Crippen LogP contribution in [0.5, 0.6) is 5.75 Å². The number of hydrogen-bond acceptors (Lipinski definition) is 3. The quantitative estimate of drug-likeness (QED) is 0.320. The van der Waals surface area contributed by atoms with Crippen molar-refractivity contribution in [2.24, 2.45) is 0 Å². The summed E-state index contributed by atoms with van der Waals surface area (Å²) in [6.45, 7) is 0.502. The second-order valence-electron chi connectivity index (χ2n) is 6.57. The van der Waals surface area contributed by atoms with Gasteiger partial charge in [-0.1, -0.05) is 48.5 Å². The van der Waals surface area contributed by atoms with Crippen molar-refractivity contribution in [2.45, 2.75) is 6.54 Å². The molecular formula is C24H18NO4+. The molecule has 5 nitrogen and oxygen atoms in total. The van der Waals surface area contributed by atoms with Gasteiger partial charge in [-0.15, -0.1) is 0 Å². The zero-order chi connectivity index (χ0) is 20.2. The number of fused-ring (bicyclic) bond motifs is 1. The van der Waals surface area contributed by atoms with Crippen molar-refractivity contribution in [3.05, 3.63) is 108 Å². The number of benzene rings is 3. The van der Waals surface area contributed by atoms with Crippen molar-refractivity contribution >= 4 is 22.8 Å². The van der Waals surface area contributed by atoms with E-state index in [4.69, 9.17) is 9.84 Å². The zero-order valence-electron chi connectivity index (χ0n) is 15.5. The normalized spacial score (nSPS) is 10.6. The fourth-order valence-corrected chi connectivity index (χ4v) is 3.23. The van der Waals surface area contributed by atoms with Crippen LogP contribution in [0, 0.1) is 0 Å². The van der Waals surface area contributed by atoms with Crippen LogP contribution in [0.25, 0.3) is 10.9 Å². The van der Waals surface area contributed by atoms with E-state index in [0.717, 1.165) is 16.5 Å². The minimum absolute atomic E-state index is 0.0611. The molecule has 0 atom stereocenters. The topological polar surface area (TPSA) is 67.5 Å². The first-order valence-electron chi connectivity index (χ1n) is 9.13. The van der Waals surface area contributed by atoms with Gasteiger partial charge in [-0.25, -0.2) is 9.59 Å². The van der Waals surface area contributed by atoms with Gasteiger partial charge in [0.25, 0.3) is 5.69 Å². The molecule has 1 N–H and O–H groups in total. The van der Waals surface area contributed by atoms with E-state index in [0.29, 0.717) is 12.2 Å². The Hall–Kier alpha value is -3.99. The highest BCUT2D eigenvalue weighted by Crippen LogP contribution is 2.17. The number of para-hydroxylation sites is 1. The van der Waals surface area contributed by atoms with Crippen molar-refractivity contribution < 1.29 is 24.0 Å². The summed E-state index contributed by atoms with van der Waals surface area (Å²) in [5.74, 6) is -1.43. The lowest BCUT2D eigenvalue weighted by molar-refractivity contribution is -0.664. The summed E-state index contributed by atoms with van der Waals surface area (Å²) in [7, 11) is 0. The first-order valence-corrected chi connectivity index (χ1v) is 9.13. The van der Waals surface area contributed by atoms with Crippen LogP contribution in [0.2, 0.25) is 0 Å². The summed E-state index contributed by atoms with van der Waals surface area (Å²) in [5.41, 5.74) is 2.40. The summed E-state index contributed by atoms with van der Waals surface area (Å²) < 4.78 is 7.41. The van der Waals surface area contributed by atoms with Crippen molar-refractivity contribution in [3.63, 3.8) is 0 Å². The standard InChI is InChI=1S/C24H17NO4/c26-23(27)19-10-6-11-20(15-19)29-24(28)22-14-13-18-9-4-5-12-21(18)25(22)16-17-7-2-1-3-8-17/h1-15H,16H2/p+1. The maximum atomic E-state index is 13.0. The van der Waals surface area contributed by atoms with Crippen LogP contribution < -0.4 is 9.30 Å². The number of pyridine rings is 1. The second kappa shape index (κ2) is 7.94. The third-order valence-corrected chi connectivity index (χ3v) is 4.62. The maximum absolute atomic E-state index is 13.0. The third-order valence-electron chi connectivity index (χ3n) is 4.62. The number of carbonyl (C=O) groups excluding carboxylic acids is 1. The van der Waals surface area contributed by atoms with Crippen LogP contribution in [-0.4, -0.2) is 17.0 Å². The Bertz CT molecular complexity index is 1200. The fourth-order valence-electron chi connectivity index (χ4n) is 3.23. The van der Waals surface area contributed by atoms with Crippen molar-refractivity contribution in [1.82, 2.24) is 0 Å². The van der Waals surface area contributed by atoms with E-state index in [1.807, 2.05) is 65.2 Å². The van der Waals surface area contributed by atoms with Gasteiger partial charge >= 0.3 is 11.9 Å². The van der Waals surface area contributed by atoms with E-state index in [1.165, 1.54) is 12.1 Å². The molecule has 0 unspecified atom stereocenters. The zero-order valence-corrected chi connectivity index (χ0v) is 15.5. The lowest BCUT2D eigenvalue weighted by atomic mass is 10.1. The Morgan fingerprint density at radius 1 is 0.828 bits per heavy atom. The molecular weight excluding hydrogens is 366 g/mol. The minimum atomic E-state index is -1.08. The highest BCUT2D eigenvalue weighted by molar-refractivity contribution is 5.91. The summed E-state index contributed by atoms with van der Waals surface area (Å²) in [5, 5.41) is 10.1. The number of nitrogens with zero attached hydrogens (tertiary/aromatic N) is 1. The largest absolute Gasteiger partial charge is 0.478 e. The third kappa shape index (κ3) is 3.99. The van der Waals surface area contributed by atoms with Crippen LogP contribution >= 0.6 is 0 Å². The van der Waals surface area contributed by atoms with Gasteiger partial charge in [0, 0.05) is 23.1 Å². The minimum Gasteiger partial charge on any atom is -0.478 e. The number of aromatic nitrogens is 1. The first kappa shape index (κ1) is 18.4. The SMILES string of the molecule is O=C(O)c1cccc(OC(=O)c2ccc3ccccc3[n+]2Cc2ccccc2)c1. The molecule has 4 rings (SSSR count). The Kier molecular flexibility index (Phi) is 5.03. The molecule has 1 heterocycles. The molecule has 3 aromatic carbocycles. The van der Waals surface area contributed by atoms with Gasteiger partial charge in [-0.2, -0.15) is 4.57 Å². The molecule has 0 fully saturated rings. The van der Waals surface area contributed by atoms with E-state index < -0.39 is 11.9 Å². The average Bonchev–Trinajstić information content (AvgIpc) is 2.75.